The van der Waals surface area contributed by atoms with Gasteiger partial charge >= 0.3 is 0 Å². The molecule has 0 aromatic carbocycles. The Kier molecular flexibility index (Phi) is 43.2. The lowest BCUT2D eigenvalue weighted by molar-refractivity contribution is -0.302. The maximum absolute atomic E-state index is 13.0. The van der Waals surface area contributed by atoms with Crippen LogP contribution < -0.4 is 5.32 Å². The molecular formula is C56H103NO8. The molecule has 0 aromatic heterocycles. The average Bonchev–Trinajstić information content (AvgIpc) is 3.31. The third kappa shape index (κ3) is 35.9. The van der Waals surface area contributed by atoms with Gasteiger partial charge in [-0.3, -0.25) is 4.79 Å². The SMILES string of the molecule is CCCCCC/C=C/CC/C=C/CC/C=C/C(O)C(COC1OC(CO)C(O)C(O)C1O)NC(=O)CCCCCCCCCCCCCC/C=C\CCCCCCCCCCCCCC. The van der Waals surface area contributed by atoms with Gasteiger partial charge in [-0.1, -0.05) is 217 Å². The van der Waals surface area contributed by atoms with Gasteiger partial charge < -0.3 is 40.3 Å². The van der Waals surface area contributed by atoms with Crippen molar-refractivity contribution >= 4 is 5.91 Å². The van der Waals surface area contributed by atoms with Crippen molar-refractivity contribution in [2.45, 2.75) is 288 Å². The van der Waals surface area contributed by atoms with Crippen molar-refractivity contribution in [1.82, 2.24) is 5.32 Å². The fraction of sp³-hybridized carbons (Fsp3) is 0.839. The van der Waals surface area contributed by atoms with E-state index in [-0.39, 0.29) is 12.5 Å². The number of aliphatic hydroxyl groups is 5. The zero-order chi connectivity index (χ0) is 47.3. The summed E-state index contributed by atoms with van der Waals surface area (Å²) < 4.78 is 11.2. The van der Waals surface area contributed by atoms with Crippen molar-refractivity contribution in [2.24, 2.45) is 0 Å². The predicted octanol–water partition coefficient (Wildman–Crippen LogP) is 13.0. The van der Waals surface area contributed by atoms with Crippen molar-refractivity contribution in [3.63, 3.8) is 0 Å². The summed E-state index contributed by atoms with van der Waals surface area (Å²) in [7, 11) is 0. The van der Waals surface area contributed by atoms with E-state index in [4.69, 9.17) is 9.47 Å². The van der Waals surface area contributed by atoms with Crippen LogP contribution in [-0.4, -0.2) is 87.5 Å². The number of carbonyl (C=O) groups is 1. The normalized spacial score (nSPS) is 20.3. The van der Waals surface area contributed by atoms with Crippen molar-refractivity contribution < 1.29 is 39.8 Å². The quantitative estimate of drug-likeness (QED) is 0.0261. The summed E-state index contributed by atoms with van der Waals surface area (Å²) in [6.45, 7) is 3.74. The van der Waals surface area contributed by atoms with Gasteiger partial charge in [0.25, 0.3) is 0 Å². The van der Waals surface area contributed by atoms with E-state index >= 15 is 0 Å². The first-order valence-corrected chi connectivity index (χ1v) is 27.4. The van der Waals surface area contributed by atoms with Gasteiger partial charge in [0.2, 0.25) is 5.91 Å². The lowest BCUT2D eigenvalue weighted by Crippen LogP contribution is -2.60. The van der Waals surface area contributed by atoms with E-state index in [1.165, 1.54) is 173 Å². The Morgan fingerprint density at radius 3 is 1.31 bits per heavy atom. The topological polar surface area (TPSA) is 149 Å². The molecule has 1 amide bonds. The third-order valence-corrected chi connectivity index (χ3v) is 12.9. The Morgan fingerprint density at radius 1 is 0.508 bits per heavy atom. The molecule has 0 bridgehead atoms. The molecule has 1 rings (SSSR count). The summed E-state index contributed by atoms with van der Waals surface area (Å²) in [4.78, 5) is 13.0. The molecule has 1 fully saturated rings. The molecule has 1 heterocycles. The first kappa shape index (κ1) is 61.2. The maximum atomic E-state index is 13.0. The Hall–Kier alpha value is -1.85. The van der Waals surface area contributed by atoms with Crippen LogP contribution >= 0.6 is 0 Å². The van der Waals surface area contributed by atoms with Gasteiger partial charge in [0.1, 0.15) is 24.4 Å². The molecule has 0 aromatic rings. The number of allylic oxidation sites excluding steroid dienone is 7. The van der Waals surface area contributed by atoms with E-state index in [9.17, 15) is 30.3 Å². The molecule has 7 unspecified atom stereocenters. The van der Waals surface area contributed by atoms with Crippen molar-refractivity contribution in [2.75, 3.05) is 13.2 Å². The summed E-state index contributed by atoms with van der Waals surface area (Å²) in [6, 6.07) is -0.828. The predicted molar refractivity (Wildman–Crippen MR) is 272 cm³/mol. The number of amides is 1. The number of aliphatic hydroxyl groups excluding tert-OH is 5. The fourth-order valence-corrected chi connectivity index (χ4v) is 8.48. The number of unbranched alkanes of at least 4 members (excludes halogenated alkanes) is 30. The number of hydrogen-bond acceptors (Lipinski definition) is 8. The van der Waals surface area contributed by atoms with Crippen LogP contribution in [0.5, 0.6) is 0 Å². The van der Waals surface area contributed by atoms with Crippen molar-refractivity contribution in [1.29, 1.82) is 0 Å². The van der Waals surface area contributed by atoms with E-state index in [0.717, 1.165) is 51.4 Å². The highest BCUT2D eigenvalue weighted by Gasteiger charge is 2.44. The minimum Gasteiger partial charge on any atom is -0.394 e. The lowest BCUT2D eigenvalue weighted by Gasteiger charge is -2.40. The first-order chi connectivity index (χ1) is 31.8. The molecule has 0 aliphatic carbocycles. The summed E-state index contributed by atoms with van der Waals surface area (Å²) in [5, 5.41) is 54.3. The molecule has 0 spiro atoms. The fourth-order valence-electron chi connectivity index (χ4n) is 8.48. The first-order valence-electron chi connectivity index (χ1n) is 27.4. The highest BCUT2D eigenvalue weighted by atomic mass is 16.7. The molecule has 0 radical (unpaired) electrons. The zero-order valence-electron chi connectivity index (χ0n) is 42.0. The molecule has 65 heavy (non-hydrogen) atoms. The van der Waals surface area contributed by atoms with Crippen LogP contribution in [0.25, 0.3) is 0 Å². The molecule has 1 aliphatic rings. The summed E-state index contributed by atoms with van der Waals surface area (Å²) in [5.41, 5.74) is 0. The highest BCUT2D eigenvalue weighted by molar-refractivity contribution is 5.76. The number of nitrogens with one attached hydrogen (secondary N) is 1. The Bertz CT molecular complexity index is 1160. The Balaban J connectivity index is 2.21. The average molecular weight is 918 g/mol. The minimum atomic E-state index is -1.57. The van der Waals surface area contributed by atoms with Crippen LogP contribution in [0.15, 0.2) is 48.6 Å². The van der Waals surface area contributed by atoms with Crippen LogP contribution in [-0.2, 0) is 14.3 Å². The van der Waals surface area contributed by atoms with Crippen molar-refractivity contribution in [3.8, 4) is 0 Å². The molecule has 7 atom stereocenters. The van der Waals surface area contributed by atoms with Crippen molar-refractivity contribution in [3.05, 3.63) is 48.6 Å². The minimum absolute atomic E-state index is 0.191. The molecule has 6 N–H and O–H groups in total. The monoisotopic (exact) mass is 918 g/mol. The van der Waals surface area contributed by atoms with Gasteiger partial charge in [-0.15, -0.1) is 0 Å². The van der Waals surface area contributed by atoms with Crippen LogP contribution in [0.1, 0.15) is 245 Å². The van der Waals surface area contributed by atoms with E-state index in [1.54, 1.807) is 6.08 Å². The number of hydrogen-bond donors (Lipinski definition) is 6. The summed E-state index contributed by atoms with van der Waals surface area (Å²) >= 11 is 0. The van der Waals surface area contributed by atoms with Gasteiger partial charge in [-0.25, -0.2) is 0 Å². The van der Waals surface area contributed by atoms with E-state index in [1.807, 2.05) is 6.08 Å². The largest absolute Gasteiger partial charge is 0.394 e. The second-order valence-electron chi connectivity index (χ2n) is 19.0. The third-order valence-electron chi connectivity index (χ3n) is 12.9. The summed E-state index contributed by atoms with van der Waals surface area (Å²) in [5.74, 6) is -0.191. The zero-order valence-corrected chi connectivity index (χ0v) is 42.0. The van der Waals surface area contributed by atoms with E-state index in [2.05, 4.69) is 55.6 Å². The van der Waals surface area contributed by atoms with E-state index < -0.39 is 49.5 Å². The molecule has 9 heteroatoms. The molecule has 9 nitrogen and oxygen atoms in total. The van der Waals surface area contributed by atoms with Crippen LogP contribution in [0.2, 0.25) is 0 Å². The number of ether oxygens (including phenoxy) is 2. The number of rotatable bonds is 46. The highest BCUT2D eigenvalue weighted by Crippen LogP contribution is 2.23. The molecule has 1 aliphatic heterocycles. The van der Waals surface area contributed by atoms with E-state index in [0.29, 0.717) is 6.42 Å². The maximum Gasteiger partial charge on any atom is 0.220 e. The molecular weight excluding hydrogens is 815 g/mol. The second kappa shape index (κ2) is 45.9. The number of carbonyl (C=O) groups excluding carboxylic acids is 1. The molecule has 1 saturated heterocycles. The van der Waals surface area contributed by atoms with Gasteiger partial charge in [0.05, 0.1) is 25.4 Å². The Labute approximate surface area is 399 Å². The van der Waals surface area contributed by atoms with Gasteiger partial charge in [-0.05, 0) is 70.6 Å². The van der Waals surface area contributed by atoms with Crippen LogP contribution in [0, 0.1) is 0 Å². The smallest absolute Gasteiger partial charge is 0.220 e. The molecule has 380 valence electrons. The lowest BCUT2D eigenvalue weighted by atomic mass is 9.99. The van der Waals surface area contributed by atoms with Crippen LogP contribution in [0.4, 0.5) is 0 Å². The second-order valence-corrected chi connectivity index (χ2v) is 19.0. The van der Waals surface area contributed by atoms with Gasteiger partial charge in [-0.2, -0.15) is 0 Å². The Morgan fingerprint density at radius 2 is 0.877 bits per heavy atom. The van der Waals surface area contributed by atoms with Crippen LogP contribution in [0.3, 0.4) is 0 Å². The van der Waals surface area contributed by atoms with Gasteiger partial charge in [0.15, 0.2) is 6.29 Å². The van der Waals surface area contributed by atoms with Gasteiger partial charge in [0, 0.05) is 6.42 Å². The molecule has 0 saturated carbocycles. The standard InChI is InChI=1S/C56H103NO8/c1-3-5-7-9-11-13-15-17-19-20-21-22-23-24-25-26-27-28-29-30-31-32-34-36-38-40-42-44-46-52(60)57-49(48-64-56-55(63)54(62)53(61)51(47-58)65-56)50(59)45-43-41-39-37-35-33-18-16-14-12-10-8-6-4-2/h14,16,24-25,35,37,43,45,49-51,53-56,58-59,61-63H,3-13,15,17-23,26-34,36,38-42,44,46-48H2,1-2H3,(H,57,60)/b16-14+,25-24-,37-35+,45-43+. The summed E-state index contributed by atoms with van der Waals surface area (Å²) in [6.07, 6.45) is 53.2.